The van der Waals surface area contributed by atoms with Gasteiger partial charge in [0.25, 0.3) is 0 Å². The Kier molecular flexibility index (Phi) is 6.29. The van der Waals surface area contributed by atoms with Gasteiger partial charge in [-0.2, -0.15) is 0 Å². The van der Waals surface area contributed by atoms with Gasteiger partial charge < -0.3 is 10.1 Å². The highest BCUT2D eigenvalue weighted by Crippen LogP contribution is 2.25. The minimum absolute atomic E-state index is 0.480. The smallest absolute Gasteiger partial charge is 0.128 e. The summed E-state index contributed by atoms with van der Waals surface area (Å²) in [6.45, 7) is 8.69. The number of pyridine rings is 1. The van der Waals surface area contributed by atoms with Gasteiger partial charge in [-0.05, 0) is 33.2 Å². The highest BCUT2D eigenvalue weighted by Gasteiger charge is 2.15. The number of methoxy groups -OCH3 is 1. The highest BCUT2D eigenvalue weighted by atomic mass is 16.5. The summed E-state index contributed by atoms with van der Waals surface area (Å²) in [5, 5.41) is 3.41. The van der Waals surface area contributed by atoms with Crippen LogP contribution in [0.4, 0.5) is 0 Å². The van der Waals surface area contributed by atoms with Crippen LogP contribution < -0.4 is 10.1 Å². The standard InChI is InChI=1S/C16H28N2O/c1-7-11(2)8-14(17-5)9-15-13(4)16(19-6)12(3)10-18-15/h10-11,14,17H,7-9H2,1-6H3. The Bertz CT molecular complexity index is 404. The van der Waals surface area contributed by atoms with Crippen molar-refractivity contribution in [2.75, 3.05) is 14.2 Å². The molecule has 1 aromatic heterocycles. The summed E-state index contributed by atoms with van der Waals surface area (Å²) in [6.07, 6.45) is 5.28. The molecule has 0 bridgehead atoms. The van der Waals surface area contributed by atoms with Gasteiger partial charge in [-0.25, -0.2) is 0 Å². The molecule has 0 radical (unpaired) electrons. The van der Waals surface area contributed by atoms with Crippen molar-refractivity contribution in [2.24, 2.45) is 5.92 Å². The third kappa shape index (κ3) is 4.20. The fourth-order valence-corrected chi connectivity index (χ4v) is 2.47. The number of hydrogen-bond acceptors (Lipinski definition) is 3. The van der Waals surface area contributed by atoms with Crippen molar-refractivity contribution >= 4 is 0 Å². The highest BCUT2D eigenvalue weighted by molar-refractivity contribution is 5.41. The Morgan fingerprint density at radius 1 is 1.37 bits per heavy atom. The van der Waals surface area contributed by atoms with E-state index in [0.717, 1.165) is 29.3 Å². The number of hydrogen-bond donors (Lipinski definition) is 1. The molecule has 19 heavy (non-hydrogen) atoms. The number of ether oxygens (including phenoxy) is 1. The van der Waals surface area contributed by atoms with Crippen molar-refractivity contribution in [1.29, 1.82) is 0 Å². The molecule has 0 aliphatic rings. The van der Waals surface area contributed by atoms with E-state index in [1.807, 2.05) is 20.2 Å². The lowest BCUT2D eigenvalue weighted by Gasteiger charge is -2.21. The lowest BCUT2D eigenvalue weighted by molar-refractivity contribution is 0.398. The van der Waals surface area contributed by atoms with E-state index in [1.54, 1.807) is 7.11 Å². The van der Waals surface area contributed by atoms with Gasteiger partial charge in [0.15, 0.2) is 0 Å². The third-order valence-electron chi connectivity index (χ3n) is 3.98. The maximum Gasteiger partial charge on any atom is 0.128 e. The Morgan fingerprint density at radius 2 is 2.05 bits per heavy atom. The van der Waals surface area contributed by atoms with Crippen LogP contribution in [-0.4, -0.2) is 25.2 Å². The van der Waals surface area contributed by atoms with Crippen molar-refractivity contribution in [3.05, 3.63) is 23.0 Å². The molecule has 0 aromatic carbocycles. The molecular weight excluding hydrogens is 236 g/mol. The second kappa shape index (κ2) is 7.49. The van der Waals surface area contributed by atoms with Gasteiger partial charge >= 0.3 is 0 Å². The van der Waals surface area contributed by atoms with Crippen molar-refractivity contribution < 1.29 is 4.74 Å². The first-order chi connectivity index (χ1) is 9.03. The second-order valence-corrected chi connectivity index (χ2v) is 5.48. The van der Waals surface area contributed by atoms with E-state index in [0.29, 0.717) is 6.04 Å². The summed E-state index contributed by atoms with van der Waals surface area (Å²) < 4.78 is 5.47. The minimum atomic E-state index is 0.480. The van der Waals surface area contributed by atoms with Crippen LogP contribution in [0.5, 0.6) is 5.75 Å². The predicted octanol–water partition coefficient (Wildman–Crippen LogP) is 3.27. The molecule has 1 N–H and O–H groups in total. The minimum Gasteiger partial charge on any atom is -0.496 e. The number of nitrogens with one attached hydrogen (secondary N) is 1. The number of likely N-dealkylation sites (N-methyl/N-ethyl adjacent to an activating group) is 1. The quantitative estimate of drug-likeness (QED) is 0.820. The molecule has 0 aliphatic heterocycles. The first kappa shape index (κ1) is 16.0. The summed E-state index contributed by atoms with van der Waals surface area (Å²) in [7, 11) is 3.77. The zero-order valence-corrected chi connectivity index (χ0v) is 13.2. The monoisotopic (exact) mass is 264 g/mol. The van der Waals surface area contributed by atoms with Crippen LogP contribution in [0.25, 0.3) is 0 Å². The maximum atomic E-state index is 5.47. The van der Waals surface area contributed by atoms with E-state index in [4.69, 9.17) is 4.74 Å². The van der Waals surface area contributed by atoms with Crippen LogP contribution in [0.1, 0.15) is 43.5 Å². The van der Waals surface area contributed by atoms with E-state index in [1.165, 1.54) is 18.4 Å². The lowest BCUT2D eigenvalue weighted by Crippen LogP contribution is -2.30. The molecule has 0 amide bonds. The predicted molar refractivity (Wildman–Crippen MR) is 80.9 cm³/mol. The topological polar surface area (TPSA) is 34.1 Å². The fraction of sp³-hybridized carbons (Fsp3) is 0.688. The van der Waals surface area contributed by atoms with E-state index in [2.05, 4.69) is 31.1 Å². The van der Waals surface area contributed by atoms with Crippen LogP contribution in [-0.2, 0) is 6.42 Å². The van der Waals surface area contributed by atoms with Crippen LogP contribution >= 0.6 is 0 Å². The number of rotatable bonds is 7. The zero-order valence-electron chi connectivity index (χ0n) is 13.2. The number of aryl methyl sites for hydroxylation is 1. The molecule has 3 heteroatoms. The van der Waals surface area contributed by atoms with Crippen LogP contribution in [0.15, 0.2) is 6.20 Å². The zero-order chi connectivity index (χ0) is 14.4. The van der Waals surface area contributed by atoms with E-state index >= 15 is 0 Å². The average molecular weight is 264 g/mol. The summed E-state index contributed by atoms with van der Waals surface area (Å²) in [4.78, 5) is 4.59. The average Bonchev–Trinajstić information content (AvgIpc) is 2.41. The SMILES string of the molecule is CCC(C)CC(Cc1ncc(C)c(OC)c1C)NC. The molecule has 3 nitrogen and oxygen atoms in total. The fourth-order valence-electron chi connectivity index (χ4n) is 2.47. The molecule has 2 atom stereocenters. The molecule has 0 saturated carbocycles. The lowest BCUT2D eigenvalue weighted by atomic mass is 9.95. The molecule has 0 saturated heterocycles. The summed E-state index contributed by atoms with van der Waals surface area (Å²) in [5.41, 5.74) is 3.42. The van der Waals surface area contributed by atoms with Gasteiger partial charge in [0.1, 0.15) is 5.75 Å². The van der Waals surface area contributed by atoms with Crippen molar-refractivity contribution in [1.82, 2.24) is 10.3 Å². The van der Waals surface area contributed by atoms with E-state index in [9.17, 15) is 0 Å². The van der Waals surface area contributed by atoms with Crippen LogP contribution in [0.2, 0.25) is 0 Å². The van der Waals surface area contributed by atoms with Crippen molar-refractivity contribution in [3.8, 4) is 5.75 Å². The van der Waals surface area contributed by atoms with Gasteiger partial charge in [-0.1, -0.05) is 20.3 Å². The van der Waals surface area contributed by atoms with E-state index in [-0.39, 0.29) is 0 Å². The molecule has 2 unspecified atom stereocenters. The van der Waals surface area contributed by atoms with Gasteiger partial charge in [0.2, 0.25) is 0 Å². The number of nitrogens with zero attached hydrogens (tertiary/aromatic N) is 1. The van der Waals surface area contributed by atoms with Gasteiger partial charge in [-0.3, -0.25) is 4.98 Å². The molecular formula is C16H28N2O. The van der Waals surface area contributed by atoms with Crippen LogP contribution in [0, 0.1) is 19.8 Å². The summed E-state index contributed by atoms with van der Waals surface area (Å²) >= 11 is 0. The second-order valence-electron chi connectivity index (χ2n) is 5.48. The Balaban J connectivity index is 2.85. The molecule has 1 rings (SSSR count). The molecule has 0 spiro atoms. The van der Waals surface area contributed by atoms with Gasteiger partial charge in [0.05, 0.1) is 7.11 Å². The molecule has 0 fully saturated rings. The van der Waals surface area contributed by atoms with Crippen molar-refractivity contribution in [2.45, 2.75) is 53.0 Å². The first-order valence-electron chi connectivity index (χ1n) is 7.19. The number of aromatic nitrogens is 1. The molecule has 1 heterocycles. The molecule has 108 valence electrons. The Labute approximate surface area is 117 Å². The molecule has 1 aromatic rings. The van der Waals surface area contributed by atoms with E-state index < -0.39 is 0 Å². The van der Waals surface area contributed by atoms with Crippen molar-refractivity contribution in [3.63, 3.8) is 0 Å². The maximum absolute atomic E-state index is 5.47. The summed E-state index contributed by atoms with van der Waals surface area (Å²) in [6, 6.07) is 0.480. The Morgan fingerprint density at radius 3 is 2.58 bits per heavy atom. The van der Waals surface area contributed by atoms with Gasteiger partial charge in [-0.15, -0.1) is 0 Å². The third-order valence-corrected chi connectivity index (χ3v) is 3.98. The largest absolute Gasteiger partial charge is 0.496 e. The summed E-state index contributed by atoms with van der Waals surface area (Å²) in [5.74, 6) is 1.72. The normalized spacial score (nSPS) is 14.2. The Hall–Kier alpha value is -1.09. The van der Waals surface area contributed by atoms with Crippen LogP contribution in [0.3, 0.4) is 0 Å². The first-order valence-corrected chi connectivity index (χ1v) is 7.19. The molecule has 0 aliphatic carbocycles. The van der Waals surface area contributed by atoms with Gasteiger partial charge in [0, 0.05) is 35.5 Å².